The van der Waals surface area contributed by atoms with Crippen LogP contribution in [0.5, 0.6) is 0 Å². The highest BCUT2D eigenvalue weighted by molar-refractivity contribution is 7.94. The van der Waals surface area contributed by atoms with Gasteiger partial charge < -0.3 is 14.1 Å². The maximum atomic E-state index is 12.0. The van der Waals surface area contributed by atoms with Crippen LogP contribution in [-0.4, -0.2) is 29.9 Å². The van der Waals surface area contributed by atoms with E-state index >= 15 is 0 Å². The number of hydrogen-bond acceptors (Lipinski definition) is 5. The third kappa shape index (κ3) is 9.02. The van der Waals surface area contributed by atoms with Crippen LogP contribution in [0.4, 0.5) is 11.4 Å². The van der Waals surface area contributed by atoms with E-state index in [1.54, 1.807) is 25.1 Å². The van der Waals surface area contributed by atoms with E-state index in [1.165, 1.54) is 23.3 Å². The van der Waals surface area contributed by atoms with Gasteiger partial charge in [0.05, 0.1) is 13.7 Å². The lowest BCUT2D eigenvalue weighted by Gasteiger charge is -2.25. The number of carbonyl (C=O) groups excluding carboxylic acids is 1. The average molecular weight is 488 g/mol. The van der Waals surface area contributed by atoms with Crippen LogP contribution >= 0.6 is 24.1 Å². The summed E-state index contributed by atoms with van der Waals surface area (Å²) in [6, 6.07) is 16.1. The molecule has 0 spiro atoms. The SMILES string of the molecule is COSc1ccc([NH2+]CCCSO)c(C(C)(C)C/C=C/C=C/N(C(C)=O)c2ccccc2)c1. The molecule has 0 heterocycles. The minimum atomic E-state index is -0.0914. The number of carbonyl (C=O) groups is 1. The van der Waals surface area contributed by atoms with Gasteiger partial charge in [-0.3, -0.25) is 9.69 Å². The van der Waals surface area contributed by atoms with E-state index in [2.05, 4.69) is 43.4 Å². The molecular formula is C26H35N2O3S2+. The van der Waals surface area contributed by atoms with Crippen LogP contribution in [0.1, 0.15) is 39.2 Å². The first-order valence-electron chi connectivity index (χ1n) is 11.0. The predicted octanol–water partition coefficient (Wildman–Crippen LogP) is 5.92. The van der Waals surface area contributed by atoms with Crippen molar-refractivity contribution in [2.75, 3.05) is 24.3 Å². The fraction of sp³-hybridized carbons (Fsp3) is 0.346. The van der Waals surface area contributed by atoms with Gasteiger partial charge in [-0.05, 0) is 54.2 Å². The van der Waals surface area contributed by atoms with Crippen LogP contribution in [0.15, 0.2) is 77.9 Å². The molecule has 33 heavy (non-hydrogen) atoms. The van der Waals surface area contributed by atoms with E-state index in [4.69, 9.17) is 8.74 Å². The highest BCUT2D eigenvalue weighted by Crippen LogP contribution is 2.34. The van der Waals surface area contributed by atoms with Crippen molar-refractivity contribution in [2.24, 2.45) is 0 Å². The van der Waals surface area contributed by atoms with Crippen LogP contribution < -0.4 is 10.2 Å². The zero-order valence-corrected chi connectivity index (χ0v) is 21.5. The average Bonchev–Trinajstić information content (AvgIpc) is 2.80. The van der Waals surface area contributed by atoms with Crippen molar-refractivity contribution in [1.82, 2.24) is 0 Å². The highest BCUT2D eigenvalue weighted by atomic mass is 32.2. The Morgan fingerprint density at radius 2 is 1.94 bits per heavy atom. The van der Waals surface area contributed by atoms with E-state index in [0.29, 0.717) is 0 Å². The van der Waals surface area contributed by atoms with Crippen molar-refractivity contribution in [2.45, 2.75) is 43.9 Å². The Bertz CT molecular complexity index is 930. The molecule has 0 aliphatic carbocycles. The molecule has 1 amide bonds. The fourth-order valence-electron chi connectivity index (χ4n) is 3.50. The van der Waals surface area contributed by atoms with Gasteiger partial charge in [-0.1, -0.05) is 44.2 Å². The summed E-state index contributed by atoms with van der Waals surface area (Å²) in [6.07, 6.45) is 9.63. The summed E-state index contributed by atoms with van der Waals surface area (Å²) in [5.74, 6) is 0.709. The minimum absolute atomic E-state index is 0.0292. The quantitative estimate of drug-likeness (QED) is 0.159. The smallest absolute Gasteiger partial charge is 0.227 e. The molecule has 3 N–H and O–H groups in total. The zero-order chi connectivity index (χ0) is 24.1. The maximum Gasteiger partial charge on any atom is 0.227 e. The van der Waals surface area contributed by atoms with Crippen LogP contribution in [0.2, 0.25) is 0 Å². The number of quaternary nitrogens is 1. The first-order valence-corrected chi connectivity index (χ1v) is 12.7. The third-order valence-corrected chi connectivity index (χ3v) is 6.31. The number of nitrogens with zero attached hydrogens (tertiary/aromatic N) is 1. The number of rotatable bonds is 13. The second-order valence-electron chi connectivity index (χ2n) is 8.26. The highest BCUT2D eigenvalue weighted by Gasteiger charge is 2.25. The molecule has 0 unspecified atom stereocenters. The Labute approximate surface area is 206 Å². The van der Waals surface area contributed by atoms with Crippen molar-refractivity contribution >= 4 is 41.4 Å². The van der Waals surface area contributed by atoms with Crippen LogP contribution in [-0.2, 0) is 14.4 Å². The van der Waals surface area contributed by atoms with Gasteiger partial charge >= 0.3 is 0 Å². The molecule has 0 radical (unpaired) electrons. The van der Waals surface area contributed by atoms with Crippen LogP contribution in [0.3, 0.4) is 0 Å². The molecule has 0 aliphatic rings. The molecule has 0 atom stereocenters. The van der Waals surface area contributed by atoms with E-state index in [-0.39, 0.29) is 11.3 Å². The van der Waals surface area contributed by atoms with Gasteiger partial charge in [0, 0.05) is 59.6 Å². The van der Waals surface area contributed by atoms with Gasteiger partial charge in [0.1, 0.15) is 5.69 Å². The van der Waals surface area contributed by atoms with Crippen molar-refractivity contribution in [3.8, 4) is 0 Å². The normalized spacial score (nSPS) is 12.0. The largest absolute Gasteiger partial charge is 0.330 e. The molecule has 0 aromatic heterocycles. The first kappa shape index (κ1) is 27.2. The molecule has 0 saturated carbocycles. The lowest BCUT2D eigenvalue weighted by molar-refractivity contribution is -0.572. The second-order valence-corrected chi connectivity index (χ2v) is 9.90. The molecule has 0 bridgehead atoms. The number of benzene rings is 2. The molecular weight excluding hydrogens is 452 g/mol. The van der Waals surface area contributed by atoms with Crippen molar-refractivity contribution in [3.05, 3.63) is 78.5 Å². The fourth-order valence-corrected chi connectivity index (χ4v) is 4.28. The van der Waals surface area contributed by atoms with E-state index in [0.717, 1.165) is 47.8 Å². The number of nitrogens with two attached hydrogens (primary N) is 1. The number of anilines is 1. The van der Waals surface area contributed by atoms with Crippen LogP contribution in [0.25, 0.3) is 0 Å². The van der Waals surface area contributed by atoms with E-state index < -0.39 is 0 Å². The van der Waals surface area contributed by atoms with Gasteiger partial charge in [-0.15, -0.1) is 0 Å². The Kier molecular flexibility index (Phi) is 11.8. The third-order valence-electron chi connectivity index (χ3n) is 5.22. The number of para-hydroxylation sites is 1. The summed E-state index contributed by atoms with van der Waals surface area (Å²) in [5, 5.41) is 2.25. The van der Waals surface area contributed by atoms with Gasteiger partial charge in [-0.25, -0.2) is 0 Å². The van der Waals surface area contributed by atoms with Crippen molar-refractivity contribution in [1.29, 1.82) is 0 Å². The summed E-state index contributed by atoms with van der Waals surface area (Å²) >= 11 is 2.26. The van der Waals surface area contributed by atoms with Gasteiger partial charge in [-0.2, -0.15) is 0 Å². The summed E-state index contributed by atoms with van der Waals surface area (Å²) < 4.78 is 14.2. The zero-order valence-electron chi connectivity index (χ0n) is 19.9. The second kappa shape index (κ2) is 14.3. The molecule has 2 rings (SSSR count). The Hall–Kier alpha value is -2.03. The number of hydrogen-bond donors (Lipinski definition) is 2. The first-order chi connectivity index (χ1) is 15.9. The van der Waals surface area contributed by atoms with E-state index in [9.17, 15) is 4.79 Å². The van der Waals surface area contributed by atoms with Crippen molar-refractivity contribution < 1.29 is 18.8 Å². The lowest BCUT2D eigenvalue weighted by atomic mass is 9.80. The summed E-state index contributed by atoms with van der Waals surface area (Å²) in [4.78, 5) is 14.7. The molecule has 0 saturated heterocycles. The summed E-state index contributed by atoms with van der Waals surface area (Å²) in [7, 11) is 1.68. The summed E-state index contributed by atoms with van der Waals surface area (Å²) in [5.41, 5.74) is 3.25. The number of amides is 1. The van der Waals surface area contributed by atoms with Gasteiger partial charge in [0.15, 0.2) is 0 Å². The Morgan fingerprint density at radius 3 is 2.61 bits per heavy atom. The molecule has 0 fully saturated rings. The Balaban J connectivity index is 2.12. The molecule has 7 heteroatoms. The monoisotopic (exact) mass is 487 g/mol. The molecule has 178 valence electrons. The number of allylic oxidation sites excluding steroid dienone is 3. The topological polar surface area (TPSA) is 66.4 Å². The predicted molar refractivity (Wildman–Crippen MR) is 141 cm³/mol. The standard InChI is InChI=1S/C26H34N2O3S2/c1-21(29)28(22-12-7-5-8-13-22)18-10-6-9-16-26(2,3)24-20-23(33-31-4)14-15-25(24)27-17-11-19-32-30/h5-10,12-15,18,20,27,30H,11,16-17,19H2,1-4H3/p+1/b9-6+,18-10+. The lowest BCUT2D eigenvalue weighted by Crippen LogP contribution is -2.78. The van der Waals surface area contributed by atoms with Gasteiger partial charge in [0.2, 0.25) is 5.91 Å². The molecule has 5 nitrogen and oxygen atoms in total. The molecule has 2 aromatic rings. The maximum absolute atomic E-state index is 12.0. The molecule has 2 aromatic carbocycles. The van der Waals surface area contributed by atoms with Crippen LogP contribution in [0, 0.1) is 0 Å². The molecule has 0 aliphatic heterocycles. The summed E-state index contributed by atoms with van der Waals surface area (Å²) in [6.45, 7) is 6.97. The van der Waals surface area contributed by atoms with Gasteiger partial charge in [0.25, 0.3) is 0 Å². The van der Waals surface area contributed by atoms with E-state index in [1.807, 2.05) is 42.5 Å². The minimum Gasteiger partial charge on any atom is -0.330 e. The Morgan fingerprint density at radius 1 is 1.18 bits per heavy atom. The van der Waals surface area contributed by atoms with Crippen molar-refractivity contribution in [3.63, 3.8) is 0 Å².